The van der Waals surface area contributed by atoms with Crippen molar-refractivity contribution >= 4 is 17.7 Å². The zero-order valence-corrected chi connectivity index (χ0v) is 10.6. The third-order valence-corrected chi connectivity index (χ3v) is 4.07. The summed E-state index contributed by atoms with van der Waals surface area (Å²) < 4.78 is -0.662. The van der Waals surface area contributed by atoms with Crippen molar-refractivity contribution in [1.82, 2.24) is 0 Å². The van der Waals surface area contributed by atoms with Crippen molar-refractivity contribution in [2.75, 3.05) is 0 Å². The molecule has 0 aromatic heterocycles. The quantitative estimate of drug-likeness (QED) is 0.823. The topological polar surface area (TPSA) is 37.3 Å². The molecule has 0 saturated heterocycles. The highest BCUT2D eigenvalue weighted by atomic mass is 32.2. The fourth-order valence-electron chi connectivity index (χ4n) is 1.53. The first-order chi connectivity index (χ1) is 7.58. The number of thioether (sulfide) groups is 1. The molecule has 0 bridgehead atoms. The number of aliphatic carboxylic acids is 1. The molecular formula is C13H18O2S. The van der Waals surface area contributed by atoms with Crippen molar-refractivity contribution in [1.29, 1.82) is 0 Å². The lowest BCUT2D eigenvalue weighted by Crippen LogP contribution is -2.31. The summed E-state index contributed by atoms with van der Waals surface area (Å²) in [4.78, 5) is 11.2. The SMILES string of the molecule is CCCC(C)(SCc1ccccc1)C(=O)O. The molecule has 88 valence electrons. The van der Waals surface area contributed by atoms with Crippen LogP contribution in [-0.2, 0) is 10.5 Å². The molecule has 1 atom stereocenters. The maximum Gasteiger partial charge on any atom is 0.319 e. The van der Waals surface area contributed by atoms with Crippen LogP contribution in [-0.4, -0.2) is 15.8 Å². The van der Waals surface area contributed by atoms with E-state index in [0.29, 0.717) is 6.42 Å². The van der Waals surface area contributed by atoms with E-state index in [1.165, 1.54) is 17.3 Å². The van der Waals surface area contributed by atoms with E-state index in [0.717, 1.165) is 12.2 Å². The van der Waals surface area contributed by atoms with Gasteiger partial charge in [0, 0.05) is 5.75 Å². The smallest absolute Gasteiger partial charge is 0.319 e. The van der Waals surface area contributed by atoms with Gasteiger partial charge < -0.3 is 5.11 Å². The van der Waals surface area contributed by atoms with E-state index < -0.39 is 10.7 Å². The fraction of sp³-hybridized carbons (Fsp3) is 0.462. The molecule has 0 radical (unpaired) electrons. The van der Waals surface area contributed by atoms with Crippen LogP contribution in [0, 0.1) is 0 Å². The van der Waals surface area contributed by atoms with Gasteiger partial charge in [-0.05, 0) is 18.9 Å². The molecule has 0 aliphatic heterocycles. The number of hydrogen-bond acceptors (Lipinski definition) is 2. The summed E-state index contributed by atoms with van der Waals surface area (Å²) in [6.07, 6.45) is 1.60. The standard InChI is InChI=1S/C13H18O2S/c1-3-9-13(2,12(14)15)16-10-11-7-5-4-6-8-11/h4-8H,3,9-10H2,1-2H3,(H,14,15). The van der Waals surface area contributed by atoms with Crippen LogP contribution in [0.15, 0.2) is 30.3 Å². The molecule has 1 unspecified atom stereocenters. The zero-order valence-electron chi connectivity index (χ0n) is 9.77. The third-order valence-electron chi connectivity index (χ3n) is 2.58. The molecule has 3 heteroatoms. The molecule has 0 fully saturated rings. The van der Waals surface area contributed by atoms with Gasteiger partial charge in [0.05, 0.1) is 0 Å². The highest BCUT2D eigenvalue weighted by Crippen LogP contribution is 2.33. The first kappa shape index (κ1) is 13.1. The Hall–Kier alpha value is -0.960. The van der Waals surface area contributed by atoms with Crippen LogP contribution in [0.4, 0.5) is 0 Å². The van der Waals surface area contributed by atoms with Crippen LogP contribution < -0.4 is 0 Å². The van der Waals surface area contributed by atoms with Gasteiger partial charge in [0.1, 0.15) is 4.75 Å². The van der Waals surface area contributed by atoms with Crippen molar-refractivity contribution in [3.8, 4) is 0 Å². The Balaban J connectivity index is 2.60. The second kappa shape index (κ2) is 5.94. The Labute approximate surface area is 101 Å². The molecule has 0 aliphatic carbocycles. The molecule has 16 heavy (non-hydrogen) atoms. The van der Waals surface area contributed by atoms with Gasteiger partial charge in [0.25, 0.3) is 0 Å². The van der Waals surface area contributed by atoms with Crippen molar-refractivity contribution in [2.45, 2.75) is 37.2 Å². The van der Waals surface area contributed by atoms with E-state index in [2.05, 4.69) is 0 Å². The molecule has 1 aromatic carbocycles. The summed E-state index contributed by atoms with van der Waals surface area (Å²) >= 11 is 1.51. The number of benzene rings is 1. The van der Waals surface area contributed by atoms with E-state index in [-0.39, 0.29) is 0 Å². The highest BCUT2D eigenvalue weighted by molar-refractivity contribution is 8.00. The Kier molecular flexibility index (Phi) is 4.87. The second-order valence-electron chi connectivity index (χ2n) is 4.06. The maximum absolute atomic E-state index is 11.2. The van der Waals surface area contributed by atoms with E-state index in [1.807, 2.05) is 44.2 Å². The number of rotatable bonds is 6. The lowest BCUT2D eigenvalue weighted by Gasteiger charge is -2.23. The molecule has 0 amide bonds. The normalized spacial score (nSPS) is 14.4. The van der Waals surface area contributed by atoms with Gasteiger partial charge in [0.2, 0.25) is 0 Å². The largest absolute Gasteiger partial charge is 0.480 e. The van der Waals surface area contributed by atoms with E-state index in [1.54, 1.807) is 0 Å². The van der Waals surface area contributed by atoms with Crippen molar-refractivity contribution in [3.05, 3.63) is 35.9 Å². The average Bonchev–Trinajstić information content (AvgIpc) is 2.28. The summed E-state index contributed by atoms with van der Waals surface area (Å²) in [6.45, 7) is 3.83. The molecule has 2 nitrogen and oxygen atoms in total. The van der Waals surface area contributed by atoms with Crippen LogP contribution in [0.2, 0.25) is 0 Å². The molecule has 0 aliphatic rings. The zero-order chi connectivity index (χ0) is 12.0. The average molecular weight is 238 g/mol. The highest BCUT2D eigenvalue weighted by Gasteiger charge is 2.32. The Morgan fingerprint density at radius 2 is 2.00 bits per heavy atom. The minimum atomic E-state index is -0.713. The second-order valence-corrected chi connectivity index (χ2v) is 5.54. The van der Waals surface area contributed by atoms with Crippen molar-refractivity contribution in [3.63, 3.8) is 0 Å². The van der Waals surface area contributed by atoms with E-state index in [9.17, 15) is 9.90 Å². The minimum Gasteiger partial charge on any atom is -0.480 e. The van der Waals surface area contributed by atoms with Crippen LogP contribution in [0.3, 0.4) is 0 Å². The van der Waals surface area contributed by atoms with Gasteiger partial charge in [-0.2, -0.15) is 0 Å². The van der Waals surface area contributed by atoms with Gasteiger partial charge in [-0.15, -0.1) is 11.8 Å². The first-order valence-electron chi connectivity index (χ1n) is 5.50. The summed E-state index contributed by atoms with van der Waals surface area (Å²) in [7, 11) is 0. The Bertz CT molecular complexity index is 337. The fourth-order valence-corrected chi connectivity index (χ4v) is 2.68. The van der Waals surface area contributed by atoms with Gasteiger partial charge in [0.15, 0.2) is 0 Å². The number of carboxylic acid groups (broad SMARTS) is 1. The minimum absolute atomic E-state index is 0.662. The third kappa shape index (κ3) is 3.56. The predicted octanol–water partition coefficient (Wildman–Crippen LogP) is 3.56. The number of carboxylic acids is 1. The molecule has 0 spiro atoms. The maximum atomic E-state index is 11.2. The van der Waals surface area contributed by atoms with Crippen LogP contribution in [0.1, 0.15) is 32.3 Å². The summed E-state index contributed by atoms with van der Waals surface area (Å²) in [5, 5.41) is 9.22. The molecule has 0 heterocycles. The van der Waals surface area contributed by atoms with Gasteiger partial charge in [-0.3, -0.25) is 4.79 Å². The lowest BCUT2D eigenvalue weighted by atomic mass is 10.1. The molecule has 0 saturated carbocycles. The molecule has 1 rings (SSSR count). The molecule has 1 N–H and O–H groups in total. The lowest BCUT2D eigenvalue weighted by molar-refractivity contribution is -0.139. The number of hydrogen-bond donors (Lipinski definition) is 1. The van der Waals surface area contributed by atoms with Crippen LogP contribution in [0.5, 0.6) is 0 Å². The number of carbonyl (C=O) groups is 1. The van der Waals surface area contributed by atoms with Crippen LogP contribution >= 0.6 is 11.8 Å². The van der Waals surface area contributed by atoms with Gasteiger partial charge in [-0.25, -0.2) is 0 Å². The van der Waals surface area contributed by atoms with Crippen molar-refractivity contribution < 1.29 is 9.90 Å². The summed E-state index contributed by atoms with van der Waals surface area (Å²) in [5.41, 5.74) is 1.18. The Morgan fingerprint density at radius 1 is 1.38 bits per heavy atom. The first-order valence-corrected chi connectivity index (χ1v) is 6.48. The van der Waals surface area contributed by atoms with Gasteiger partial charge >= 0.3 is 5.97 Å². The van der Waals surface area contributed by atoms with Gasteiger partial charge in [-0.1, -0.05) is 43.7 Å². The van der Waals surface area contributed by atoms with Crippen molar-refractivity contribution in [2.24, 2.45) is 0 Å². The molecular weight excluding hydrogens is 220 g/mol. The Morgan fingerprint density at radius 3 is 2.50 bits per heavy atom. The summed E-state index contributed by atoms with van der Waals surface area (Å²) in [6, 6.07) is 9.99. The molecule has 1 aromatic rings. The van der Waals surface area contributed by atoms with Crippen LogP contribution in [0.25, 0.3) is 0 Å². The summed E-state index contributed by atoms with van der Waals surface area (Å²) in [5.74, 6) is 0.0409. The predicted molar refractivity (Wildman–Crippen MR) is 68.7 cm³/mol. The monoisotopic (exact) mass is 238 g/mol. The van der Waals surface area contributed by atoms with E-state index in [4.69, 9.17) is 0 Å². The van der Waals surface area contributed by atoms with E-state index >= 15 is 0 Å².